The molecule has 6 rings (SSSR count). The summed E-state index contributed by atoms with van der Waals surface area (Å²) < 4.78 is -1.64. The first-order valence-electron chi connectivity index (χ1n) is 15.2. The second-order valence-corrected chi connectivity index (χ2v) is 14.7. The van der Waals surface area contributed by atoms with Gasteiger partial charge in [0.15, 0.2) is 0 Å². The summed E-state index contributed by atoms with van der Waals surface area (Å²) in [5.41, 5.74) is 3.85. The van der Waals surface area contributed by atoms with E-state index in [4.69, 9.17) is 0 Å². The first-order valence-corrected chi connectivity index (χ1v) is 16.0. The van der Waals surface area contributed by atoms with Crippen molar-refractivity contribution in [3.63, 3.8) is 0 Å². The molecule has 7 nitrogen and oxygen atoms in total. The number of fused-ring (bicyclic) bond motifs is 2. The molecular formula is C35H41N3O4S. The number of carbonyl (C=O) groups is 3. The highest BCUT2D eigenvalue weighted by Gasteiger charge is 2.74. The number of likely N-dealkylation sites (tertiary alicyclic amines) is 1. The van der Waals surface area contributed by atoms with Gasteiger partial charge in [-0.25, -0.2) is 0 Å². The molecule has 8 heteroatoms. The number of carbonyl (C=O) groups excluding carboxylic acids is 3. The number of rotatable bonds is 6. The van der Waals surface area contributed by atoms with Gasteiger partial charge in [0.25, 0.3) is 5.91 Å². The molecule has 43 heavy (non-hydrogen) atoms. The lowest BCUT2D eigenvalue weighted by Gasteiger charge is -2.41. The number of hydrogen-bond donors (Lipinski definition) is 1. The molecule has 6 atom stereocenters. The van der Waals surface area contributed by atoms with Crippen LogP contribution in [0.5, 0.6) is 0 Å². The van der Waals surface area contributed by atoms with Gasteiger partial charge in [0, 0.05) is 30.1 Å². The maximum absolute atomic E-state index is 14.9. The first kappa shape index (κ1) is 29.7. The number of thioether (sulfide) groups is 1. The Morgan fingerprint density at radius 3 is 2.21 bits per heavy atom. The lowest BCUT2D eigenvalue weighted by atomic mass is 9.74. The van der Waals surface area contributed by atoms with E-state index in [0.29, 0.717) is 19.6 Å². The number of nitrogens with zero attached hydrogens (tertiary/aromatic N) is 3. The molecule has 226 valence electrons. The average molecular weight is 600 g/mol. The molecule has 2 aromatic carbocycles. The minimum Gasteiger partial charge on any atom is -0.394 e. The van der Waals surface area contributed by atoms with Crippen molar-refractivity contribution in [2.45, 2.75) is 62.7 Å². The minimum absolute atomic E-state index is 0.0681. The third kappa shape index (κ3) is 4.56. The normalized spacial score (nSPS) is 30.8. The van der Waals surface area contributed by atoms with Gasteiger partial charge < -0.3 is 19.8 Å². The van der Waals surface area contributed by atoms with Crippen molar-refractivity contribution < 1.29 is 19.5 Å². The lowest BCUT2D eigenvalue weighted by molar-refractivity contribution is -0.146. The summed E-state index contributed by atoms with van der Waals surface area (Å²) in [7, 11) is 0. The van der Waals surface area contributed by atoms with Crippen LogP contribution in [-0.4, -0.2) is 73.9 Å². The zero-order valence-corrected chi connectivity index (χ0v) is 26.4. The molecule has 0 aromatic heterocycles. The van der Waals surface area contributed by atoms with E-state index >= 15 is 0 Å². The van der Waals surface area contributed by atoms with E-state index < -0.39 is 33.4 Å². The minimum atomic E-state index is -0.961. The number of benzene rings is 2. The third-order valence-corrected chi connectivity index (χ3v) is 11.6. The number of aliphatic hydroxyl groups excluding tert-OH is 1. The SMILES string of the molecule is Cc1cccc(C)c1N1CC=C[C@]23S[C@]4(C)C=CCN(Cc5ccccc5)C(=O)[C@@H]4[C@H]2C(=O)N([C@@H](CO)C(C)C)C3C1=O. The standard InChI is InChI=1S/C35H41N3O4S/c1-22(2)26(21-39)38-30-33(42)37(29-23(3)12-9-13-24(29)4)19-11-17-35(30)28(32(38)41)27-31(40)36(18-10-16-34(27,5)43-35)20-25-14-7-6-8-15-25/h6-17,22,26-28,30,39H,18-21H2,1-5H3/t26-,27-,28-,30?,34+,35-/m0/s1. The molecule has 4 aliphatic rings. The molecule has 2 aromatic rings. The van der Waals surface area contributed by atoms with Crippen molar-refractivity contribution in [2.75, 3.05) is 24.6 Å². The van der Waals surface area contributed by atoms with Gasteiger partial charge in [-0.3, -0.25) is 14.4 Å². The zero-order chi connectivity index (χ0) is 30.7. The first-order chi connectivity index (χ1) is 20.5. The highest BCUT2D eigenvalue weighted by atomic mass is 32.2. The Hall–Kier alpha value is -3.36. The fourth-order valence-electron chi connectivity index (χ4n) is 7.87. The van der Waals surface area contributed by atoms with Crippen LogP contribution in [0.2, 0.25) is 0 Å². The fourth-order valence-corrected chi connectivity index (χ4v) is 10.0. The van der Waals surface area contributed by atoms with Gasteiger partial charge in [-0.15, -0.1) is 11.8 Å². The Morgan fingerprint density at radius 1 is 0.884 bits per heavy atom. The lowest BCUT2D eigenvalue weighted by Crippen LogP contribution is -2.58. The Kier molecular flexibility index (Phi) is 7.58. The van der Waals surface area contributed by atoms with Gasteiger partial charge >= 0.3 is 0 Å². The van der Waals surface area contributed by atoms with Gasteiger partial charge in [0.2, 0.25) is 11.8 Å². The van der Waals surface area contributed by atoms with Crippen LogP contribution in [0.1, 0.15) is 37.5 Å². The molecule has 2 saturated heterocycles. The van der Waals surface area contributed by atoms with Crippen LogP contribution in [0.15, 0.2) is 72.8 Å². The van der Waals surface area contributed by atoms with Crippen LogP contribution in [0.3, 0.4) is 0 Å². The van der Waals surface area contributed by atoms with Crippen molar-refractivity contribution >= 4 is 35.2 Å². The third-order valence-electron chi connectivity index (χ3n) is 9.82. The maximum Gasteiger partial charge on any atom is 0.251 e. The van der Waals surface area contributed by atoms with E-state index in [1.807, 2.05) is 106 Å². The van der Waals surface area contributed by atoms with E-state index in [1.54, 1.807) is 21.6 Å². The molecule has 3 amide bonds. The number of hydrogen-bond acceptors (Lipinski definition) is 5. The summed E-state index contributed by atoms with van der Waals surface area (Å²) in [6.07, 6.45) is 8.19. The number of aryl methyl sites for hydroxylation is 2. The Labute approximate surface area is 258 Å². The van der Waals surface area contributed by atoms with Gasteiger partial charge in [0.05, 0.1) is 29.2 Å². The van der Waals surface area contributed by atoms with Crippen molar-refractivity contribution in [2.24, 2.45) is 17.8 Å². The van der Waals surface area contributed by atoms with Crippen LogP contribution in [0, 0.1) is 31.6 Å². The Morgan fingerprint density at radius 2 is 1.56 bits per heavy atom. The molecule has 0 saturated carbocycles. The van der Waals surface area contributed by atoms with Gasteiger partial charge in [-0.05, 0) is 43.4 Å². The van der Waals surface area contributed by atoms with Crippen LogP contribution in [-0.2, 0) is 20.9 Å². The zero-order valence-electron chi connectivity index (χ0n) is 25.6. The quantitative estimate of drug-likeness (QED) is 0.495. The summed E-state index contributed by atoms with van der Waals surface area (Å²) in [6, 6.07) is 14.5. The van der Waals surface area contributed by atoms with Crippen LogP contribution < -0.4 is 4.90 Å². The fraction of sp³-hybridized carbons (Fsp3) is 0.457. The number of para-hydroxylation sites is 1. The smallest absolute Gasteiger partial charge is 0.251 e. The molecule has 4 aliphatic heterocycles. The van der Waals surface area contributed by atoms with Gasteiger partial charge in [-0.2, -0.15) is 0 Å². The summed E-state index contributed by atoms with van der Waals surface area (Å²) in [5, 5.41) is 10.6. The molecule has 1 unspecified atom stereocenters. The van der Waals surface area contributed by atoms with Gasteiger partial charge in [0.1, 0.15) is 6.04 Å². The van der Waals surface area contributed by atoms with Crippen LogP contribution in [0.25, 0.3) is 0 Å². The molecule has 0 radical (unpaired) electrons. The maximum atomic E-state index is 14.9. The van der Waals surface area contributed by atoms with Gasteiger partial charge in [-0.1, -0.05) is 86.7 Å². The average Bonchev–Trinajstić information content (AvgIpc) is 3.24. The van der Waals surface area contributed by atoms with Crippen molar-refractivity contribution in [1.82, 2.24) is 9.80 Å². The van der Waals surface area contributed by atoms with Crippen molar-refractivity contribution in [3.8, 4) is 0 Å². The topological polar surface area (TPSA) is 81.2 Å². The molecule has 0 aliphatic carbocycles. The van der Waals surface area contributed by atoms with E-state index in [0.717, 1.165) is 22.4 Å². The molecule has 1 N–H and O–H groups in total. The number of aliphatic hydroxyl groups is 1. The summed E-state index contributed by atoms with van der Waals surface area (Å²) in [4.78, 5) is 49.6. The highest BCUT2D eigenvalue weighted by molar-refractivity contribution is 8.02. The van der Waals surface area contributed by atoms with Crippen LogP contribution >= 0.6 is 11.8 Å². The number of amides is 3. The summed E-state index contributed by atoms with van der Waals surface area (Å²) >= 11 is 1.58. The Balaban J connectivity index is 1.49. The molecule has 2 fully saturated rings. The molecule has 0 bridgehead atoms. The predicted molar refractivity (Wildman–Crippen MR) is 170 cm³/mol. The van der Waals surface area contributed by atoms with E-state index in [2.05, 4.69) is 6.08 Å². The van der Waals surface area contributed by atoms with Crippen LogP contribution in [0.4, 0.5) is 5.69 Å². The van der Waals surface area contributed by atoms with E-state index in [9.17, 15) is 19.5 Å². The second-order valence-electron chi connectivity index (χ2n) is 12.9. The molecule has 4 heterocycles. The van der Waals surface area contributed by atoms with E-state index in [-0.39, 0.29) is 30.2 Å². The van der Waals surface area contributed by atoms with E-state index in [1.165, 1.54) is 0 Å². The molecular weight excluding hydrogens is 558 g/mol. The predicted octanol–water partition coefficient (Wildman–Crippen LogP) is 4.51. The van der Waals surface area contributed by atoms with Crippen molar-refractivity contribution in [3.05, 3.63) is 89.5 Å². The monoisotopic (exact) mass is 599 g/mol. The second kappa shape index (κ2) is 11.0. The largest absolute Gasteiger partial charge is 0.394 e. The summed E-state index contributed by atoms with van der Waals surface area (Å²) in [5.74, 6) is -1.94. The molecule has 1 spiro atoms. The number of anilines is 1. The van der Waals surface area contributed by atoms with Crippen molar-refractivity contribution in [1.29, 1.82) is 0 Å². The highest BCUT2D eigenvalue weighted by Crippen LogP contribution is 2.66. The summed E-state index contributed by atoms with van der Waals surface area (Å²) in [6.45, 7) is 11.0. The Bertz CT molecular complexity index is 1490.